The van der Waals surface area contributed by atoms with Gasteiger partial charge >= 0.3 is 0 Å². The zero-order valence-electron chi connectivity index (χ0n) is 16.5. The zero-order valence-corrected chi connectivity index (χ0v) is 16.5. The topological polar surface area (TPSA) is 71.0 Å². The van der Waals surface area contributed by atoms with Crippen LogP contribution in [-0.2, 0) is 11.3 Å². The van der Waals surface area contributed by atoms with Gasteiger partial charge in [0.25, 0.3) is 5.91 Å². The summed E-state index contributed by atoms with van der Waals surface area (Å²) in [6.07, 6.45) is 4.74. The molecule has 2 aromatic carbocycles. The fourth-order valence-corrected chi connectivity index (χ4v) is 3.82. The molecule has 0 aromatic heterocycles. The first-order chi connectivity index (χ1) is 14.1. The second kappa shape index (κ2) is 8.57. The van der Waals surface area contributed by atoms with E-state index in [0.29, 0.717) is 12.3 Å². The van der Waals surface area contributed by atoms with E-state index in [4.69, 9.17) is 9.47 Å². The lowest BCUT2D eigenvalue weighted by atomic mass is 9.92. The molecule has 29 heavy (non-hydrogen) atoms. The number of carbonyl (C=O) groups is 1. The van der Waals surface area contributed by atoms with Crippen LogP contribution < -0.4 is 19.7 Å². The lowest BCUT2D eigenvalue weighted by Crippen LogP contribution is -2.46. The summed E-state index contributed by atoms with van der Waals surface area (Å²) in [4.78, 5) is 14.9. The Balaban J connectivity index is 1.55. The van der Waals surface area contributed by atoms with Crippen LogP contribution in [0, 0.1) is 0 Å². The number of anilines is 1. The molecule has 1 heterocycles. The molecule has 4 rings (SSSR count). The molecule has 2 atom stereocenters. The molecule has 0 bridgehead atoms. The van der Waals surface area contributed by atoms with E-state index >= 15 is 0 Å². The van der Waals surface area contributed by atoms with Gasteiger partial charge in [-0.2, -0.15) is 0 Å². The number of nitrogens with zero attached hydrogens (tertiary/aromatic N) is 1. The Bertz CT molecular complexity index is 894. The predicted molar refractivity (Wildman–Crippen MR) is 111 cm³/mol. The van der Waals surface area contributed by atoms with Crippen molar-refractivity contribution in [3.05, 3.63) is 66.1 Å². The summed E-state index contributed by atoms with van der Waals surface area (Å²) in [6, 6.07) is 15.3. The van der Waals surface area contributed by atoms with Crippen LogP contribution in [-0.4, -0.2) is 30.3 Å². The largest absolute Gasteiger partial charge is 0.497 e. The molecule has 1 aliphatic carbocycles. The minimum Gasteiger partial charge on any atom is -0.497 e. The van der Waals surface area contributed by atoms with Crippen molar-refractivity contribution in [2.24, 2.45) is 0 Å². The normalized spacial score (nSPS) is 20.9. The number of fused-ring (bicyclic) bond motifs is 1. The molecule has 2 N–H and O–H groups in total. The van der Waals surface area contributed by atoms with Gasteiger partial charge < -0.3 is 24.8 Å². The maximum atomic E-state index is 12.8. The van der Waals surface area contributed by atoms with Gasteiger partial charge in [0.2, 0.25) is 5.76 Å². The summed E-state index contributed by atoms with van der Waals surface area (Å²) in [7, 11) is 1.64. The molecule has 0 unspecified atom stereocenters. The first-order valence-electron chi connectivity index (χ1n) is 10.0. The molecule has 0 radical (unpaired) electrons. The highest BCUT2D eigenvalue weighted by Gasteiger charge is 2.29. The maximum absolute atomic E-state index is 12.8. The van der Waals surface area contributed by atoms with Crippen molar-refractivity contribution in [1.82, 2.24) is 5.32 Å². The molecule has 2 aromatic rings. The SMILES string of the molecule is COc1ccc(CN2C=C(C(=O)N[C@H]3CCCC[C@@H]3O)Oc3ccccc32)cc1. The molecule has 1 saturated carbocycles. The van der Waals surface area contributed by atoms with Gasteiger partial charge in [-0.15, -0.1) is 0 Å². The van der Waals surface area contributed by atoms with Gasteiger partial charge in [0.15, 0.2) is 5.75 Å². The molecule has 2 aliphatic rings. The number of para-hydroxylation sites is 2. The van der Waals surface area contributed by atoms with Crippen LogP contribution in [0.4, 0.5) is 5.69 Å². The summed E-state index contributed by atoms with van der Waals surface area (Å²) in [5.74, 6) is 1.37. The number of rotatable bonds is 5. The Hall–Kier alpha value is -2.99. The van der Waals surface area contributed by atoms with Gasteiger partial charge in [-0.3, -0.25) is 4.79 Å². The zero-order chi connectivity index (χ0) is 20.2. The molecule has 1 aliphatic heterocycles. The highest BCUT2D eigenvalue weighted by atomic mass is 16.5. The van der Waals surface area contributed by atoms with E-state index in [1.54, 1.807) is 13.3 Å². The Morgan fingerprint density at radius 1 is 1.17 bits per heavy atom. The second-order valence-electron chi connectivity index (χ2n) is 7.47. The van der Waals surface area contributed by atoms with Crippen molar-refractivity contribution >= 4 is 11.6 Å². The number of aliphatic hydroxyl groups is 1. The van der Waals surface area contributed by atoms with Crippen LogP contribution in [0.25, 0.3) is 0 Å². The quantitative estimate of drug-likeness (QED) is 0.814. The van der Waals surface area contributed by atoms with Crippen LogP contribution in [0.5, 0.6) is 11.5 Å². The van der Waals surface area contributed by atoms with E-state index in [9.17, 15) is 9.90 Å². The van der Waals surface area contributed by atoms with E-state index in [-0.39, 0.29) is 17.7 Å². The first-order valence-corrected chi connectivity index (χ1v) is 10.0. The number of methoxy groups -OCH3 is 1. The average Bonchev–Trinajstić information content (AvgIpc) is 2.76. The van der Waals surface area contributed by atoms with Crippen LogP contribution in [0.1, 0.15) is 31.2 Å². The van der Waals surface area contributed by atoms with Crippen LogP contribution in [0.2, 0.25) is 0 Å². The molecule has 152 valence electrons. The Morgan fingerprint density at radius 3 is 2.69 bits per heavy atom. The van der Waals surface area contributed by atoms with Crippen molar-refractivity contribution in [2.45, 2.75) is 44.4 Å². The molecular weight excluding hydrogens is 368 g/mol. The molecule has 6 heteroatoms. The monoisotopic (exact) mass is 394 g/mol. The molecule has 6 nitrogen and oxygen atoms in total. The number of benzene rings is 2. The summed E-state index contributed by atoms with van der Waals surface area (Å²) < 4.78 is 11.1. The fraction of sp³-hybridized carbons (Fsp3) is 0.348. The smallest absolute Gasteiger partial charge is 0.288 e. The minimum absolute atomic E-state index is 0.229. The summed E-state index contributed by atoms with van der Waals surface area (Å²) in [5.41, 5.74) is 1.98. The summed E-state index contributed by atoms with van der Waals surface area (Å²) in [6.45, 7) is 0.590. The number of amides is 1. The van der Waals surface area contributed by atoms with Crippen molar-refractivity contribution in [3.8, 4) is 11.5 Å². The van der Waals surface area contributed by atoms with Gasteiger partial charge in [0, 0.05) is 6.54 Å². The average molecular weight is 394 g/mol. The van der Waals surface area contributed by atoms with Gasteiger partial charge in [-0.05, 0) is 42.7 Å². The third kappa shape index (κ3) is 4.38. The van der Waals surface area contributed by atoms with Crippen molar-refractivity contribution in [1.29, 1.82) is 0 Å². The highest BCUT2D eigenvalue weighted by Crippen LogP contribution is 2.35. The lowest BCUT2D eigenvalue weighted by Gasteiger charge is -2.31. The van der Waals surface area contributed by atoms with E-state index in [2.05, 4.69) is 5.32 Å². The van der Waals surface area contributed by atoms with E-state index in [1.165, 1.54) is 0 Å². The fourth-order valence-electron chi connectivity index (χ4n) is 3.82. The molecule has 1 fully saturated rings. The molecular formula is C23H26N2O4. The molecule has 0 saturated heterocycles. The standard InChI is InChI=1S/C23H26N2O4/c1-28-17-12-10-16(11-13-17)14-25-15-22(29-21-9-5-3-7-19(21)25)23(27)24-18-6-2-4-8-20(18)26/h3,5,7,9-13,15,18,20,26H,2,4,6,8,14H2,1H3,(H,24,27)/t18-,20-/m0/s1. The first kappa shape index (κ1) is 19.3. The summed E-state index contributed by atoms with van der Waals surface area (Å²) >= 11 is 0. The predicted octanol–water partition coefficient (Wildman–Crippen LogP) is 3.36. The number of hydrogen-bond acceptors (Lipinski definition) is 5. The second-order valence-corrected chi connectivity index (χ2v) is 7.47. The number of carbonyl (C=O) groups excluding carboxylic acids is 1. The number of hydrogen-bond donors (Lipinski definition) is 2. The van der Waals surface area contributed by atoms with E-state index in [1.807, 2.05) is 53.4 Å². The van der Waals surface area contributed by atoms with Crippen molar-refractivity contribution in [3.63, 3.8) is 0 Å². The van der Waals surface area contributed by atoms with E-state index < -0.39 is 6.10 Å². The van der Waals surface area contributed by atoms with Gasteiger partial charge in [0.1, 0.15) is 5.75 Å². The highest BCUT2D eigenvalue weighted by molar-refractivity contribution is 5.93. The molecule has 1 amide bonds. The number of ether oxygens (including phenoxy) is 2. The maximum Gasteiger partial charge on any atom is 0.288 e. The molecule has 0 spiro atoms. The number of aliphatic hydroxyl groups excluding tert-OH is 1. The minimum atomic E-state index is -0.500. The Labute approximate surface area is 170 Å². The van der Waals surface area contributed by atoms with Crippen molar-refractivity contribution in [2.75, 3.05) is 12.0 Å². The van der Waals surface area contributed by atoms with Gasteiger partial charge in [0.05, 0.1) is 31.1 Å². The Kier molecular flexibility index (Phi) is 5.71. The van der Waals surface area contributed by atoms with Crippen LogP contribution >= 0.6 is 0 Å². The third-order valence-corrected chi connectivity index (χ3v) is 5.45. The van der Waals surface area contributed by atoms with Gasteiger partial charge in [-0.1, -0.05) is 37.1 Å². The van der Waals surface area contributed by atoms with Crippen LogP contribution in [0.3, 0.4) is 0 Å². The third-order valence-electron chi connectivity index (χ3n) is 5.45. The van der Waals surface area contributed by atoms with Gasteiger partial charge in [-0.25, -0.2) is 0 Å². The van der Waals surface area contributed by atoms with Crippen LogP contribution in [0.15, 0.2) is 60.5 Å². The van der Waals surface area contributed by atoms with E-state index in [0.717, 1.165) is 42.7 Å². The summed E-state index contributed by atoms with van der Waals surface area (Å²) in [5, 5.41) is 13.1. The number of nitrogens with one attached hydrogen (secondary N) is 1. The van der Waals surface area contributed by atoms with Crippen molar-refractivity contribution < 1.29 is 19.4 Å². The lowest BCUT2D eigenvalue weighted by molar-refractivity contribution is -0.121. The Morgan fingerprint density at radius 2 is 1.93 bits per heavy atom.